The highest BCUT2D eigenvalue weighted by molar-refractivity contribution is 6.31. The van der Waals surface area contributed by atoms with Crippen molar-refractivity contribution in [1.29, 1.82) is 0 Å². The maximum Gasteiger partial charge on any atom is 0.258 e. The summed E-state index contributed by atoms with van der Waals surface area (Å²) >= 11 is 6.01. The fourth-order valence-corrected chi connectivity index (χ4v) is 3.83. The Kier molecular flexibility index (Phi) is 5.14. The summed E-state index contributed by atoms with van der Waals surface area (Å²) in [6.07, 6.45) is 1.87. The third-order valence-corrected chi connectivity index (χ3v) is 5.32. The summed E-state index contributed by atoms with van der Waals surface area (Å²) in [6, 6.07) is 4.80. The van der Waals surface area contributed by atoms with Gasteiger partial charge in [0.2, 0.25) is 17.8 Å². The van der Waals surface area contributed by atoms with Crippen LogP contribution in [-0.4, -0.2) is 42.0 Å². The van der Waals surface area contributed by atoms with E-state index in [0.717, 1.165) is 25.9 Å². The molecule has 1 saturated heterocycles. The Hall–Kier alpha value is -3.07. The van der Waals surface area contributed by atoms with Crippen LogP contribution in [0.15, 0.2) is 23.0 Å². The average Bonchev–Trinajstić information content (AvgIpc) is 3.22. The van der Waals surface area contributed by atoms with Gasteiger partial charge in [-0.25, -0.2) is 0 Å². The van der Waals surface area contributed by atoms with E-state index in [9.17, 15) is 14.4 Å². The molecule has 0 saturated carbocycles. The number of carbonyl (C=O) groups is 2. The lowest BCUT2D eigenvalue weighted by Crippen LogP contribution is -2.37. The molecule has 1 atom stereocenters. The number of hydrogen-bond acceptors (Lipinski definition) is 6. The van der Waals surface area contributed by atoms with Crippen LogP contribution in [0.1, 0.15) is 30.7 Å². The van der Waals surface area contributed by atoms with Gasteiger partial charge in [-0.05, 0) is 31.0 Å². The second-order valence-electron chi connectivity index (χ2n) is 6.98. The fraction of sp³-hybridized carbons (Fsp3) is 0.368. The molecule has 3 heterocycles. The first-order chi connectivity index (χ1) is 14.0. The fourth-order valence-electron chi connectivity index (χ4n) is 3.66. The molecule has 29 heavy (non-hydrogen) atoms. The van der Waals surface area contributed by atoms with Crippen molar-refractivity contribution in [2.45, 2.75) is 25.2 Å². The monoisotopic (exact) mass is 417 g/mol. The molecule has 1 aromatic carbocycles. The van der Waals surface area contributed by atoms with E-state index in [0.29, 0.717) is 22.4 Å². The van der Waals surface area contributed by atoms with Gasteiger partial charge in [-0.2, -0.15) is 4.98 Å². The number of hydrogen-bond donors (Lipinski definition) is 3. The largest absolute Gasteiger partial charge is 0.495 e. The Balaban J connectivity index is 1.67. The van der Waals surface area contributed by atoms with Crippen molar-refractivity contribution in [3.63, 3.8) is 0 Å². The lowest BCUT2D eigenvalue weighted by atomic mass is 9.92. The van der Waals surface area contributed by atoms with Crippen molar-refractivity contribution in [1.82, 2.24) is 9.97 Å². The third-order valence-electron chi connectivity index (χ3n) is 5.08. The summed E-state index contributed by atoms with van der Waals surface area (Å²) in [6.45, 7) is 1.57. The second-order valence-corrected chi connectivity index (χ2v) is 7.42. The average molecular weight is 418 g/mol. The number of ether oxygens (including phenoxy) is 1. The number of halogens is 1. The predicted molar refractivity (Wildman–Crippen MR) is 109 cm³/mol. The van der Waals surface area contributed by atoms with Crippen LogP contribution in [0.2, 0.25) is 5.02 Å². The van der Waals surface area contributed by atoms with Gasteiger partial charge in [-0.3, -0.25) is 19.4 Å². The number of amides is 2. The van der Waals surface area contributed by atoms with E-state index in [4.69, 9.17) is 16.3 Å². The summed E-state index contributed by atoms with van der Waals surface area (Å²) in [5, 5.41) is 5.75. The highest BCUT2D eigenvalue weighted by Crippen LogP contribution is 2.33. The number of aromatic nitrogens is 2. The first kappa shape index (κ1) is 19.3. The number of fused-ring (bicyclic) bond motifs is 1. The number of anilines is 3. The predicted octanol–water partition coefficient (Wildman–Crippen LogP) is 2.10. The molecule has 9 nitrogen and oxygen atoms in total. The zero-order chi connectivity index (χ0) is 20.5. The number of benzene rings is 1. The van der Waals surface area contributed by atoms with Crippen molar-refractivity contribution >= 4 is 40.9 Å². The van der Waals surface area contributed by atoms with Gasteiger partial charge in [-0.15, -0.1) is 0 Å². The standard InChI is InChI=1S/C19H20ClN5O4/c1-29-13-5-4-10(20)8-12(13)21-17(27)11-9-14(26)22-16-15(11)18(28)24-19(23-16)25-6-2-3-7-25/h4-5,8,11H,2-3,6-7,9H2,1H3,(H,21,27)(H2,22,23,24,26,28)/t11-/m1/s1. The maximum atomic E-state index is 13.0. The Morgan fingerprint density at radius 2 is 2.07 bits per heavy atom. The molecule has 1 aromatic heterocycles. The van der Waals surface area contributed by atoms with Crippen LogP contribution in [0.4, 0.5) is 17.5 Å². The Bertz CT molecular complexity index is 1030. The molecule has 2 aliphatic rings. The summed E-state index contributed by atoms with van der Waals surface area (Å²) < 4.78 is 5.24. The van der Waals surface area contributed by atoms with E-state index < -0.39 is 17.4 Å². The van der Waals surface area contributed by atoms with Gasteiger partial charge in [-0.1, -0.05) is 11.6 Å². The molecule has 0 radical (unpaired) electrons. The zero-order valence-electron chi connectivity index (χ0n) is 15.8. The third kappa shape index (κ3) is 3.77. The Morgan fingerprint density at radius 3 is 2.79 bits per heavy atom. The van der Waals surface area contributed by atoms with E-state index in [-0.39, 0.29) is 23.7 Å². The summed E-state index contributed by atoms with van der Waals surface area (Å²) in [5.41, 5.74) is 0.0664. The molecule has 2 aromatic rings. The summed E-state index contributed by atoms with van der Waals surface area (Å²) in [4.78, 5) is 47.1. The molecule has 0 spiro atoms. The van der Waals surface area contributed by atoms with E-state index in [1.807, 2.05) is 4.90 Å². The molecule has 2 aliphatic heterocycles. The van der Waals surface area contributed by atoms with Crippen molar-refractivity contribution in [3.05, 3.63) is 39.1 Å². The van der Waals surface area contributed by atoms with Crippen molar-refractivity contribution in [3.8, 4) is 5.75 Å². The molecule has 0 unspecified atom stereocenters. The molecule has 4 rings (SSSR count). The molecule has 0 aliphatic carbocycles. The SMILES string of the molecule is COc1ccc(Cl)cc1NC(=O)[C@@H]1CC(=O)Nc2nc(N3CCCC3)[nH]c(=O)c21. The van der Waals surface area contributed by atoms with Crippen LogP contribution in [0.3, 0.4) is 0 Å². The minimum atomic E-state index is -0.980. The number of H-pyrrole nitrogens is 1. The quantitative estimate of drug-likeness (QED) is 0.701. The number of methoxy groups -OCH3 is 1. The van der Waals surface area contributed by atoms with Crippen molar-refractivity contribution < 1.29 is 14.3 Å². The smallest absolute Gasteiger partial charge is 0.258 e. The lowest BCUT2D eigenvalue weighted by Gasteiger charge is -2.25. The Morgan fingerprint density at radius 1 is 1.31 bits per heavy atom. The lowest BCUT2D eigenvalue weighted by molar-refractivity contribution is -0.123. The summed E-state index contributed by atoms with van der Waals surface area (Å²) in [5.74, 6) is -0.913. The molecule has 10 heteroatoms. The van der Waals surface area contributed by atoms with Crippen LogP contribution < -0.4 is 25.8 Å². The molecule has 1 fully saturated rings. The highest BCUT2D eigenvalue weighted by Gasteiger charge is 2.35. The van der Waals surface area contributed by atoms with Gasteiger partial charge >= 0.3 is 0 Å². The molecular formula is C19H20ClN5O4. The van der Waals surface area contributed by atoms with E-state index in [1.165, 1.54) is 7.11 Å². The van der Waals surface area contributed by atoms with Gasteiger partial charge in [0.05, 0.1) is 24.3 Å². The zero-order valence-corrected chi connectivity index (χ0v) is 16.5. The van der Waals surface area contributed by atoms with Crippen LogP contribution in [0, 0.1) is 0 Å². The number of rotatable bonds is 4. The Labute approximate surface area is 171 Å². The van der Waals surface area contributed by atoms with E-state index in [2.05, 4.69) is 20.6 Å². The molecule has 2 amide bonds. The van der Waals surface area contributed by atoms with E-state index >= 15 is 0 Å². The number of carbonyl (C=O) groups excluding carboxylic acids is 2. The van der Waals surface area contributed by atoms with E-state index in [1.54, 1.807) is 18.2 Å². The second kappa shape index (κ2) is 7.75. The van der Waals surface area contributed by atoms with Crippen LogP contribution in [-0.2, 0) is 9.59 Å². The van der Waals surface area contributed by atoms with Gasteiger partial charge in [0.15, 0.2) is 0 Å². The minimum absolute atomic E-state index is 0.130. The normalized spacial score (nSPS) is 18.2. The minimum Gasteiger partial charge on any atom is -0.495 e. The number of aromatic amines is 1. The molecule has 0 bridgehead atoms. The first-order valence-electron chi connectivity index (χ1n) is 9.29. The number of nitrogens with zero attached hydrogens (tertiary/aromatic N) is 2. The van der Waals surface area contributed by atoms with Crippen LogP contribution in [0.25, 0.3) is 0 Å². The molecular weight excluding hydrogens is 398 g/mol. The van der Waals surface area contributed by atoms with Gasteiger partial charge in [0.25, 0.3) is 5.56 Å². The van der Waals surface area contributed by atoms with Crippen molar-refractivity contribution in [2.75, 3.05) is 35.7 Å². The van der Waals surface area contributed by atoms with Crippen LogP contribution in [0.5, 0.6) is 5.75 Å². The summed E-state index contributed by atoms with van der Waals surface area (Å²) in [7, 11) is 1.47. The molecule has 3 N–H and O–H groups in total. The van der Waals surface area contributed by atoms with Crippen LogP contribution >= 0.6 is 11.6 Å². The van der Waals surface area contributed by atoms with Crippen molar-refractivity contribution in [2.24, 2.45) is 0 Å². The van der Waals surface area contributed by atoms with Gasteiger partial charge in [0.1, 0.15) is 11.6 Å². The highest BCUT2D eigenvalue weighted by atomic mass is 35.5. The maximum absolute atomic E-state index is 13.0. The molecule has 152 valence electrons. The van der Waals surface area contributed by atoms with Gasteiger partial charge in [0, 0.05) is 24.5 Å². The number of nitrogens with one attached hydrogen (secondary N) is 3. The van der Waals surface area contributed by atoms with Gasteiger partial charge < -0.3 is 20.3 Å². The first-order valence-corrected chi connectivity index (χ1v) is 9.67. The topological polar surface area (TPSA) is 116 Å².